The molecule has 2 aliphatic rings. The van der Waals surface area contributed by atoms with E-state index in [-0.39, 0.29) is 12.0 Å². The number of carbonyl (C=O) groups is 1. The van der Waals surface area contributed by atoms with Crippen LogP contribution in [0, 0.1) is 5.92 Å². The van der Waals surface area contributed by atoms with E-state index in [0.29, 0.717) is 12.5 Å². The van der Waals surface area contributed by atoms with Crippen LogP contribution in [-0.2, 0) is 11.3 Å². The monoisotopic (exact) mass is 372 g/mol. The third-order valence-corrected chi connectivity index (χ3v) is 5.44. The minimum Gasteiger partial charge on any atom is -0.497 e. The molecule has 0 radical (unpaired) electrons. The van der Waals surface area contributed by atoms with E-state index in [0.717, 1.165) is 56.2 Å². The lowest BCUT2D eigenvalue weighted by Crippen LogP contribution is -2.45. The van der Waals surface area contributed by atoms with Gasteiger partial charge in [0.25, 0.3) is 0 Å². The highest BCUT2D eigenvalue weighted by atomic mass is 16.5. The van der Waals surface area contributed by atoms with Gasteiger partial charge >= 0.3 is 0 Å². The Bertz CT molecular complexity index is 655. The molecule has 148 valence electrons. The highest BCUT2D eigenvalue weighted by molar-refractivity contribution is 5.81. The van der Waals surface area contributed by atoms with Crippen molar-refractivity contribution in [2.24, 2.45) is 10.9 Å². The van der Waals surface area contributed by atoms with E-state index in [1.807, 2.05) is 29.2 Å². The second-order valence-electron chi connectivity index (χ2n) is 7.44. The second kappa shape index (κ2) is 9.62. The van der Waals surface area contributed by atoms with Crippen LogP contribution in [-0.4, -0.2) is 49.6 Å². The van der Waals surface area contributed by atoms with Crippen molar-refractivity contribution < 1.29 is 9.53 Å². The first kappa shape index (κ1) is 19.5. The van der Waals surface area contributed by atoms with Crippen molar-refractivity contribution in [2.75, 3.05) is 26.7 Å². The van der Waals surface area contributed by atoms with Gasteiger partial charge < -0.3 is 20.3 Å². The van der Waals surface area contributed by atoms with Gasteiger partial charge in [-0.25, -0.2) is 4.99 Å². The van der Waals surface area contributed by atoms with Crippen molar-refractivity contribution in [3.63, 3.8) is 0 Å². The number of benzene rings is 1. The van der Waals surface area contributed by atoms with Gasteiger partial charge in [-0.15, -0.1) is 0 Å². The molecule has 3 rings (SSSR count). The fraction of sp³-hybridized carbons (Fsp3) is 0.619. The average molecular weight is 373 g/mol. The van der Waals surface area contributed by atoms with Gasteiger partial charge in [-0.05, 0) is 43.9 Å². The maximum atomic E-state index is 12.6. The van der Waals surface area contributed by atoms with E-state index < -0.39 is 0 Å². The van der Waals surface area contributed by atoms with Crippen molar-refractivity contribution in [1.82, 2.24) is 15.5 Å². The minimum atomic E-state index is 0.262. The smallest absolute Gasteiger partial charge is 0.225 e. The number of hydrogen-bond acceptors (Lipinski definition) is 3. The molecule has 1 aliphatic heterocycles. The summed E-state index contributed by atoms with van der Waals surface area (Å²) in [6, 6.07) is 8.23. The summed E-state index contributed by atoms with van der Waals surface area (Å²) >= 11 is 0. The van der Waals surface area contributed by atoms with Crippen LogP contribution in [0.4, 0.5) is 0 Å². The highest BCUT2D eigenvalue weighted by Crippen LogP contribution is 2.27. The molecule has 0 aromatic heterocycles. The van der Waals surface area contributed by atoms with Crippen LogP contribution in [0.5, 0.6) is 5.75 Å². The largest absolute Gasteiger partial charge is 0.497 e. The Balaban J connectivity index is 1.55. The number of guanidine groups is 1. The molecule has 1 heterocycles. The maximum absolute atomic E-state index is 12.6. The normalized spacial score (nSPS) is 20.7. The Hall–Kier alpha value is -2.24. The molecule has 1 saturated carbocycles. The molecule has 1 amide bonds. The first-order valence-electron chi connectivity index (χ1n) is 10.2. The third kappa shape index (κ3) is 5.37. The zero-order chi connectivity index (χ0) is 19.1. The first-order valence-corrected chi connectivity index (χ1v) is 10.2. The number of nitrogens with one attached hydrogen (secondary N) is 2. The quantitative estimate of drug-likeness (QED) is 0.595. The number of carbonyl (C=O) groups excluding carboxylic acids is 1. The summed E-state index contributed by atoms with van der Waals surface area (Å²) in [6.07, 6.45) is 5.51. The maximum Gasteiger partial charge on any atom is 0.225 e. The molecule has 1 saturated heterocycles. The molecule has 1 aromatic carbocycles. The van der Waals surface area contributed by atoms with Gasteiger partial charge in [0.1, 0.15) is 5.75 Å². The molecule has 6 nitrogen and oxygen atoms in total. The van der Waals surface area contributed by atoms with Gasteiger partial charge in [-0.1, -0.05) is 25.0 Å². The van der Waals surface area contributed by atoms with Crippen LogP contribution in [0.3, 0.4) is 0 Å². The predicted octanol–water partition coefficient (Wildman–Crippen LogP) is 2.54. The van der Waals surface area contributed by atoms with Crippen molar-refractivity contribution in [2.45, 2.75) is 51.6 Å². The van der Waals surface area contributed by atoms with Gasteiger partial charge in [-0.3, -0.25) is 4.79 Å². The number of likely N-dealkylation sites (tertiary alicyclic amines) is 1. The van der Waals surface area contributed by atoms with Gasteiger partial charge in [0.05, 0.1) is 13.7 Å². The molecule has 1 aliphatic carbocycles. The Labute approximate surface area is 162 Å². The van der Waals surface area contributed by atoms with E-state index in [1.165, 1.54) is 12.8 Å². The van der Waals surface area contributed by atoms with Crippen molar-refractivity contribution >= 4 is 11.9 Å². The molecule has 2 fully saturated rings. The molecule has 0 bridgehead atoms. The molecule has 0 spiro atoms. The standard InChI is InChI=1S/C21H32N4O2/c1-3-22-21(23-14-16-7-6-10-19(13-16)27-2)24-18-11-12-25(15-18)20(26)17-8-4-5-9-17/h6-7,10,13,17-18H,3-5,8-9,11-12,14-15H2,1-2H3,(H2,22,23,24). The van der Waals surface area contributed by atoms with Crippen LogP contribution in [0.25, 0.3) is 0 Å². The number of ether oxygens (including phenoxy) is 1. The number of amides is 1. The third-order valence-electron chi connectivity index (χ3n) is 5.44. The number of aliphatic imine (C=N–C) groups is 1. The Morgan fingerprint density at radius 3 is 2.85 bits per heavy atom. The lowest BCUT2D eigenvalue weighted by Gasteiger charge is -2.21. The summed E-state index contributed by atoms with van der Waals surface area (Å²) in [5.41, 5.74) is 1.11. The van der Waals surface area contributed by atoms with Gasteiger partial charge in [0.2, 0.25) is 5.91 Å². The van der Waals surface area contributed by atoms with Crippen LogP contribution in [0.2, 0.25) is 0 Å². The van der Waals surface area contributed by atoms with E-state index in [4.69, 9.17) is 9.73 Å². The summed E-state index contributed by atoms with van der Waals surface area (Å²) in [6.45, 7) is 5.08. The van der Waals surface area contributed by atoms with E-state index in [1.54, 1.807) is 7.11 Å². The van der Waals surface area contributed by atoms with Crippen LogP contribution >= 0.6 is 0 Å². The predicted molar refractivity (Wildman–Crippen MR) is 108 cm³/mol. The summed E-state index contributed by atoms with van der Waals surface area (Å²) in [5.74, 6) is 2.27. The molecular weight excluding hydrogens is 340 g/mol. The zero-order valence-electron chi connectivity index (χ0n) is 16.5. The SMILES string of the molecule is CCNC(=NCc1cccc(OC)c1)NC1CCN(C(=O)C2CCCC2)C1. The van der Waals surface area contributed by atoms with E-state index >= 15 is 0 Å². The summed E-state index contributed by atoms with van der Waals surface area (Å²) < 4.78 is 5.28. The first-order chi connectivity index (χ1) is 13.2. The Morgan fingerprint density at radius 1 is 1.30 bits per heavy atom. The number of nitrogens with zero attached hydrogens (tertiary/aromatic N) is 2. The molecule has 27 heavy (non-hydrogen) atoms. The topological polar surface area (TPSA) is 66.0 Å². The summed E-state index contributed by atoms with van der Waals surface area (Å²) in [4.78, 5) is 19.4. The zero-order valence-corrected chi connectivity index (χ0v) is 16.5. The van der Waals surface area contributed by atoms with Crippen molar-refractivity contribution in [3.8, 4) is 5.75 Å². The molecule has 2 N–H and O–H groups in total. The van der Waals surface area contributed by atoms with E-state index in [9.17, 15) is 4.79 Å². The van der Waals surface area contributed by atoms with Gasteiger partial charge in [-0.2, -0.15) is 0 Å². The second-order valence-corrected chi connectivity index (χ2v) is 7.44. The van der Waals surface area contributed by atoms with E-state index in [2.05, 4.69) is 17.6 Å². The van der Waals surface area contributed by atoms with Gasteiger partial charge in [0.15, 0.2) is 5.96 Å². The summed E-state index contributed by atoms with van der Waals surface area (Å²) in [7, 11) is 1.67. The lowest BCUT2D eigenvalue weighted by atomic mass is 10.1. The van der Waals surface area contributed by atoms with Crippen LogP contribution in [0.1, 0.15) is 44.6 Å². The van der Waals surface area contributed by atoms with Crippen molar-refractivity contribution in [1.29, 1.82) is 0 Å². The summed E-state index contributed by atoms with van der Waals surface area (Å²) in [5, 5.41) is 6.82. The average Bonchev–Trinajstić information content (AvgIpc) is 3.38. The minimum absolute atomic E-state index is 0.262. The molecule has 1 aromatic rings. The number of rotatable bonds is 6. The number of methoxy groups -OCH3 is 1. The Morgan fingerprint density at radius 2 is 2.11 bits per heavy atom. The highest BCUT2D eigenvalue weighted by Gasteiger charge is 2.32. The van der Waals surface area contributed by atoms with Crippen molar-refractivity contribution in [3.05, 3.63) is 29.8 Å². The van der Waals surface area contributed by atoms with Crippen LogP contribution in [0.15, 0.2) is 29.3 Å². The molecule has 6 heteroatoms. The molecular formula is C21H32N4O2. The Kier molecular flexibility index (Phi) is 6.96. The molecule has 1 atom stereocenters. The fourth-order valence-corrected chi connectivity index (χ4v) is 3.96. The number of hydrogen-bond donors (Lipinski definition) is 2. The molecule has 1 unspecified atom stereocenters. The fourth-order valence-electron chi connectivity index (χ4n) is 3.96. The van der Waals surface area contributed by atoms with Crippen LogP contribution < -0.4 is 15.4 Å². The van der Waals surface area contributed by atoms with Gasteiger partial charge in [0, 0.05) is 31.6 Å². The lowest BCUT2D eigenvalue weighted by molar-refractivity contribution is -0.134.